The molecule has 0 aromatic rings. The molecule has 27 heavy (non-hydrogen) atoms. The Morgan fingerprint density at radius 1 is 0.704 bits per heavy atom. The second-order valence-electron chi connectivity index (χ2n) is 5.53. The van der Waals surface area contributed by atoms with E-state index < -0.39 is 60.7 Å². The van der Waals surface area contributed by atoms with E-state index in [1.165, 1.54) is 0 Å². The molecule has 0 fully saturated rings. The van der Waals surface area contributed by atoms with Crippen molar-refractivity contribution in [3.8, 4) is 0 Å². The van der Waals surface area contributed by atoms with E-state index in [0.29, 0.717) is 0 Å². The quantitative estimate of drug-likeness (QED) is 0.154. The van der Waals surface area contributed by atoms with Gasteiger partial charge in [-0.1, -0.05) is 0 Å². The molecule has 0 saturated heterocycles. The van der Waals surface area contributed by atoms with Crippen LogP contribution in [-0.2, 0) is 28.8 Å². The number of nitrogens with two attached hydrogens (primary N) is 2. The van der Waals surface area contributed by atoms with Gasteiger partial charge in [-0.25, -0.2) is 9.59 Å². The van der Waals surface area contributed by atoms with E-state index >= 15 is 0 Å². The average Bonchev–Trinajstić information content (AvgIpc) is 2.54. The molecule has 0 aromatic carbocycles. The first-order valence-electron chi connectivity index (χ1n) is 7.84. The minimum Gasteiger partial charge on any atom is -0.480 e. The monoisotopic (exact) mass is 389 g/mol. The van der Waals surface area contributed by atoms with Gasteiger partial charge in [-0.05, 0) is 12.8 Å². The lowest BCUT2D eigenvalue weighted by molar-refractivity contribution is -0.142. The van der Waals surface area contributed by atoms with Crippen molar-refractivity contribution in [2.45, 2.75) is 37.8 Å². The van der Waals surface area contributed by atoms with Gasteiger partial charge in [-0.3, -0.25) is 24.5 Å². The van der Waals surface area contributed by atoms with Gasteiger partial charge < -0.3 is 32.3 Å². The van der Waals surface area contributed by atoms with Crippen molar-refractivity contribution < 1.29 is 39.0 Å². The van der Waals surface area contributed by atoms with E-state index in [1.807, 2.05) is 0 Å². The summed E-state index contributed by atoms with van der Waals surface area (Å²) in [6, 6.07) is -2.63. The molecule has 0 aliphatic heterocycles. The summed E-state index contributed by atoms with van der Waals surface area (Å²) in [7, 11) is 0. The molecule has 0 aliphatic carbocycles. The molecule has 13 heteroatoms. The normalized spacial score (nSPS) is 12.4. The van der Waals surface area contributed by atoms with Gasteiger partial charge in [0.05, 0.1) is 13.1 Å². The summed E-state index contributed by atoms with van der Waals surface area (Å²) in [5.74, 6) is -5.61. The van der Waals surface area contributed by atoms with Crippen molar-refractivity contribution in [2.75, 3.05) is 13.1 Å². The second-order valence-corrected chi connectivity index (χ2v) is 5.53. The number of rotatable bonds is 14. The lowest BCUT2D eigenvalue weighted by atomic mass is 10.1. The van der Waals surface area contributed by atoms with Gasteiger partial charge in [-0.15, -0.1) is 0 Å². The molecule has 4 amide bonds. The number of carbonyl (C=O) groups is 6. The number of amides is 4. The molecule has 0 aromatic heterocycles. The molecular formula is C14H23N5O8. The van der Waals surface area contributed by atoms with Gasteiger partial charge in [0, 0.05) is 12.8 Å². The number of primary amides is 2. The van der Waals surface area contributed by atoms with E-state index in [9.17, 15) is 28.8 Å². The minimum atomic E-state index is -1.35. The number of hydrogen-bond donors (Lipinski definition) is 7. The largest absolute Gasteiger partial charge is 0.480 e. The zero-order chi connectivity index (χ0) is 21.0. The zero-order valence-corrected chi connectivity index (χ0v) is 14.4. The first-order chi connectivity index (χ1) is 12.5. The Morgan fingerprint density at radius 2 is 1.04 bits per heavy atom. The molecule has 2 atom stereocenters. The summed E-state index contributed by atoms with van der Waals surface area (Å²) in [6.07, 6.45) is -0.821. The summed E-state index contributed by atoms with van der Waals surface area (Å²) < 4.78 is 0. The van der Waals surface area contributed by atoms with Gasteiger partial charge in [0.2, 0.25) is 23.6 Å². The van der Waals surface area contributed by atoms with Gasteiger partial charge in [0.1, 0.15) is 12.1 Å². The summed E-state index contributed by atoms with van der Waals surface area (Å²) >= 11 is 0. The zero-order valence-electron chi connectivity index (χ0n) is 14.4. The highest BCUT2D eigenvalue weighted by atomic mass is 16.4. The molecule has 13 nitrogen and oxygen atoms in total. The van der Waals surface area contributed by atoms with E-state index in [1.54, 1.807) is 0 Å². The van der Waals surface area contributed by atoms with Crippen molar-refractivity contribution in [3.63, 3.8) is 0 Å². The lowest BCUT2D eigenvalue weighted by Gasteiger charge is -2.15. The van der Waals surface area contributed by atoms with Crippen LogP contribution < -0.4 is 27.4 Å². The topological polar surface area (TPSA) is 231 Å². The van der Waals surface area contributed by atoms with Crippen LogP contribution in [0.5, 0.6) is 0 Å². The predicted molar refractivity (Wildman–Crippen MR) is 88.9 cm³/mol. The number of aliphatic carboxylic acids is 2. The highest BCUT2D eigenvalue weighted by molar-refractivity contribution is 5.87. The van der Waals surface area contributed by atoms with Crippen LogP contribution in [0.25, 0.3) is 0 Å². The lowest BCUT2D eigenvalue weighted by Crippen LogP contribution is -2.48. The minimum absolute atomic E-state index is 0.183. The van der Waals surface area contributed by atoms with Crippen LogP contribution in [0.15, 0.2) is 0 Å². The highest BCUT2D eigenvalue weighted by Crippen LogP contribution is 1.98. The van der Waals surface area contributed by atoms with Crippen molar-refractivity contribution >= 4 is 35.6 Å². The SMILES string of the molecule is NC(=O)CCC(NC(=O)CNCC(=O)NC(CCC(N)=O)C(=O)O)C(=O)O. The van der Waals surface area contributed by atoms with Crippen LogP contribution in [0.2, 0.25) is 0 Å². The van der Waals surface area contributed by atoms with E-state index in [0.717, 1.165) is 0 Å². The molecule has 0 heterocycles. The molecule has 152 valence electrons. The fourth-order valence-electron chi connectivity index (χ4n) is 1.87. The fourth-order valence-corrected chi connectivity index (χ4v) is 1.87. The Bertz CT molecular complexity index is 544. The van der Waals surface area contributed by atoms with Crippen molar-refractivity contribution in [1.29, 1.82) is 0 Å². The third kappa shape index (κ3) is 11.9. The van der Waals surface area contributed by atoms with Crippen LogP contribution in [0.4, 0.5) is 0 Å². The van der Waals surface area contributed by atoms with E-state index in [2.05, 4.69) is 16.0 Å². The van der Waals surface area contributed by atoms with Crippen LogP contribution in [0.3, 0.4) is 0 Å². The molecular weight excluding hydrogens is 366 g/mol. The highest BCUT2D eigenvalue weighted by Gasteiger charge is 2.22. The summed E-state index contributed by atoms with van der Waals surface area (Å²) in [5, 5.41) is 24.6. The van der Waals surface area contributed by atoms with E-state index in [-0.39, 0.29) is 25.7 Å². The third-order valence-corrected chi connectivity index (χ3v) is 3.20. The maximum absolute atomic E-state index is 11.7. The predicted octanol–water partition coefficient (Wildman–Crippen LogP) is -3.75. The Balaban J connectivity index is 4.31. The van der Waals surface area contributed by atoms with Crippen molar-refractivity contribution in [2.24, 2.45) is 11.5 Å². The second kappa shape index (κ2) is 12.2. The van der Waals surface area contributed by atoms with E-state index in [4.69, 9.17) is 21.7 Å². The maximum atomic E-state index is 11.7. The van der Waals surface area contributed by atoms with Crippen molar-refractivity contribution in [1.82, 2.24) is 16.0 Å². The van der Waals surface area contributed by atoms with Crippen LogP contribution >= 0.6 is 0 Å². The van der Waals surface area contributed by atoms with Gasteiger partial charge >= 0.3 is 11.9 Å². The number of carboxylic acid groups (broad SMARTS) is 2. The first-order valence-corrected chi connectivity index (χ1v) is 7.84. The fraction of sp³-hybridized carbons (Fsp3) is 0.571. The summed E-state index contributed by atoms with van der Waals surface area (Å²) in [4.78, 5) is 66.6. The molecule has 0 aliphatic rings. The number of nitrogens with one attached hydrogen (secondary N) is 3. The summed E-state index contributed by atoms with van der Waals surface area (Å²) in [6.45, 7) is -0.848. The Labute approximate surface area is 153 Å². The van der Waals surface area contributed by atoms with Crippen molar-refractivity contribution in [3.05, 3.63) is 0 Å². The van der Waals surface area contributed by atoms with Crippen LogP contribution in [0.1, 0.15) is 25.7 Å². The van der Waals surface area contributed by atoms with Gasteiger partial charge in [-0.2, -0.15) is 0 Å². The summed E-state index contributed by atoms with van der Waals surface area (Å²) in [5.41, 5.74) is 9.83. The molecule has 0 bridgehead atoms. The number of carboxylic acids is 2. The smallest absolute Gasteiger partial charge is 0.326 e. The number of hydrogen-bond acceptors (Lipinski definition) is 7. The Morgan fingerprint density at radius 3 is 1.30 bits per heavy atom. The molecule has 9 N–H and O–H groups in total. The van der Waals surface area contributed by atoms with Crippen LogP contribution in [0, 0.1) is 0 Å². The maximum Gasteiger partial charge on any atom is 0.326 e. The molecule has 0 spiro atoms. The average molecular weight is 389 g/mol. The first kappa shape index (κ1) is 23.8. The molecule has 0 rings (SSSR count). The number of carbonyl (C=O) groups excluding carboxylic acids is 4. The van der Waals surface area contributed by atoms with Crippen LogP contribution in [-0.4, -0.2) is 71.0 Å². The molecule has 0 radical (unpaired) electrons. The van der Waals surface area contributed by atoms with Gasteiger partial charge in [0.15, 0.2) is 0 Å². The Kier molecular flexibility index (Phi) is 10.7. The Hall–Kier alpha value is -3.22. The third-order valence-electron chi connectivity index (χ3n) is 3.20. The van der Waals surface area contributed by atoms with Gasteiger partial charge in [0.25, 0.3) is 0 Å². The molecule has 0 saturated carbocycles. The standard InChI is InChI=1S/C14H23N5O8/c15-9(20)3-1-7(13(24)25)18-11(22)5-17-6-12(23)19-8(14(26)27)2-4-10(16)21/h7-8,17H,1-6H2,(H2,15,20)(H2,16,21)(H,18,22)(H,19,23)(H,24,25)(H,26,27). The molecule has 2 unspecified atom stereocenters.